The van der Waals surface area contributed by atoms with E-state index in [0.717, 1.165) is 31.3 Å². The SMILES string of the molecule is COc1ccc2nc(Sc3cc(Br)ccc3C#N)[nH]c2c1. The van der Waals surface area contributed by atoms with E-state index in [9.17, 15) is 0 Å². The first-order valence-corrected chi connectivity index (χ1v) is 7.72. The predicted molar refractivity (Wildman–Crippen MR) is 85.6 cm³/mol. The highest BCUT2D eigenvalue weighted by Crippen LogP contribution is 2.32. The largest absolute Gasteiger partial charge is 0.497 e. The molecule has 0 unspecified atom stereocenters. The molecule has 104 valence electrons. The van der Waals surface area contributed by atoms with Crippen LogP contribution in [0.2, 0.25) is 0 Å². The number of halogens is 1. The van der Waals surface area contributed by atoms with Crippen LogP contribution in [0.25, 0.3) is 11.0 Å². The molecule has 0 aliphatic carbocycles. The molecule has 0 aliphatic rings. The number of hydrogen-bond acceptors (Lipinski definition) is 4. The first-order chi connectivity index (χ1) is 10.2. The lowest BCUT2D eigenvalue weighted by Gasteiger charge is -2.01. The van der Waals surface area contributed by atoms with Crippen LogP contribution in [0.1, 0.15) is 5.56 Å². The Kier molecular flexibility index (Phi) is 3.86. The van der Waals surface area contributed by atoms with Crippen molar-refractivity contribution in [3.8, 4) is 11.8 Å². The Hall–Kier alpha value is -1.97. The van der Waals surface area contributed by atoms with E-state index >= 15 is 0 Å². The molecule has 2 aromatic carbocycles. The Morgan fingerprint density at radius 2 is 2.14 bits per heavy atom. The van der Waals surface area contributed by atoms with Gasteiger partial charge in [-0.05, 0) is 30.3 Å². The highest BCUT2D eigenvalue weighted by Gasteiger charge is 2.09. The van der Waals surface area contributed by atoms with Crippen LogP contribution in [-0.4, -0.2) is 17.1 Å². The Labute approximate surface area is 134 Å². The molecule has 0 aliphatic heterocycles. The molecule has 0 amide bonds. The van der Waals surface area contributed by atoms with Gasteiger partial charge in [-0.25, -0.2) is 4.98 Å². The van der Waals surface area contributed by atoms with Gasteiger partial charge in [0, 0.05) is 15.4 Å². The number of aromatic nitrogens is 2. The maximum Gasteiger partial charge on any atom is 0.171 e. The summed E-state index contributed by atoms with van der Waals surface area (Å²) in [5.74, 6) is 0.780. The average Bonchev–Trinajstić information content (AvgIpc) is 2.88. The van der Waals surface area contributed by atoms with Gasteiger partial charge < -0.3 is 9.72 Å². The monoisotopic (exact) mass is 359 g/mol. The predicted octanol–water partition coefficient (Wildman–Crippen LogP) is 4.36. The molecule has 3 rings (SSSR count). The average molecular weight is 360 g/mol. The van der Waals surface area contributed by atoms with Crippen LogP contribution >= 0.6 is 27.7 Å². The van der Waals surface area contributed by atoms with Crippen molar-refractivity contribution in [3.63, 3.8) is 0 Å². The normalized spacial score (nSPS) is 10.5. The number of nitrogens with one attached hydrogen (secondary N) is 1. The second kappa shape index (κ2) is 5.80. The van der Waals surface area contributed by atoms with Gasteiger partial charge in [0.15, 0.2) is 5.16 Å². The van der Waals surface area contributed by atoms with Gasteiger partial charge in [-0.15, -0.1) is 0 Å². The van der Waals surface area contributed by atoms with Gasteiger partial charge in [0.1, 0.15) is 11.8 Å². The molecule has 0 spiro atoms. The minimum absolute atomic E-state index is 0.626. The standard InChI is InChI=1S/C15H10BrN3OS/c1-20-11-4-5-12-13(7-11)19-15(18-12)21-14-6-10(16)3-2-9(14)8-17/h2-7H,1H3,(H,18,19). The molecule has 0 saturated carbocycles. The number of hydrogen-bond donors (Lipinski definition) is 1. The number of rotatable bonds is 3. The number of benzene rings is 2. The molecular weight excluding hydrogens is 350 g/mol. The molecule has 0 saturated heterocycles. The summed E-state index contributed by atoms with van der Waals surface area (Å²) in [5.41, 5.74) is 2.40. The second-order valence-electron chi connectivity index (χ2n) is 4.28. The summed E-state index contributed by atoms with van der Waals surface area (Å²) in [6.45, 7) is 0. The Balaban J connectivity index is 1.98. The van der Waals surface area contributed by atoms with Gasteiger partial charge in [-0.1, -0.05) is 27.7 Å². The van der Waals surface area contributed by atoms with Crippen molar-refractivity contribution in [3.05, 3.63) is 46.4 Å². The minimum atomic E-state index is 0.626. The number of aromatic amines is 1. The van der Waals surface area contributed by atoms with Gasteiger partial charge in [0.25, 0.3) is 0 Å². The quantitative estimate of drug-likeness (QED) is 0.754. The zero-order valence-corrected chi connectivity index (χ0v) is 13.5. The van der Waals surface area contributed by atoms with Crippen molar-refractivity contribution < 1.29 is 4.74 Å². The van der Waals surface area contributed by atoms with Crippen LogP contribution < -0.4 is 4.74 Å². The van der Waals surface area contributed by atoms with Gasteiger partial charge in [-0.3, -0.25) is 0 Å². The highest BCUT2D eigenvalue weighted by atomic mass is 79.9. The molecule has 0 bridgehead atoms. The fourth-order valence-electron chi connectivity index (χ4n) is 1.92. The molecule has 6 heteroatoms. The molecule has 0 fully saturated rings. The summed E-state index contributed by atoms with van der Waals surface area (Å²) in [6, 6.07) is 13.4. The van der Waals surface area contributed by atoms with E-state index in [1.165, 1.54) is 11.8 Å². The second-order valence-corrected chi connectivity index (χ2v) is 6.23. The summed E-state index contributed by atoms with van der Waals surface area (Å²) in [7, 11) is 1.63. The van der Waals surface area contributed by atoms with Crippen LogP contribution in [-0.2, 0) is 0 Å². The van der Waals surface area contributed by atoms with Gasteiger partial charge in [0.2, 0.25) is 0 Å². The summed E-state index contributed by atoms with van der Waals surface area (Å²) in [4.78, 5) is 8.61. The lowest BCUT2D eigenvalue weighted by molar-refractivity contribution is 0.415. The minimum Gasteiger partial charge on any atom is -0.497 e. The number of methoxy groups -OCH3 is 1. The van der Waals surface area contributed by atoms with Crippen molar-refractivity contribution in [2.75, 3.05) is 7.11 Å². The van der Waals surface area contributed by atoms with Crippen molar-refractivity contribution in [2.45, 2.75) is 10.1 Å². The van der Waals surface area contributed by atoms with E-state index in [1.54, 1.807) is 13.2 Å². The Morgan fingerprint density at radius 3 is 2.90 bits per heavy atom. The van der Waals surface area contributed by atoms with E-state index in [1.807, 2.05) is 30.3 Å². The van der Waals surface area contributed by atoms with Gasteiger partial charge >= 0.3 is 0 Å². The Bertz CT molecular complexity index is 854. The first kappa shape index (κ1) is 14.0. The molecule has 4 nitrogen and oxygen atoms in total. The number of H-pyrrole nitrogens is 1. The molecule has 21 heavy (non-hydrogen) atoms. The van der Waals surface area contributed by atoms with Crippen molar-refractivity contribution in [2.24, 2.45) is 0 Å². The molecule has 0 radical (unpaired) electrons. The van der Waals surface area contributed by atoms with Crippen LogP contribution in [0.15, 0.2) is 50.9 Å². The van der Waals surface area contributed by atoms with Gasteiger partial charge in [-0.2, -0.15) is 5.26 Å². The van der Waals surface area contributed by atoms with E-state index in [0.29, 0.717) is 5.56 Å². The van der Waals surface area contributed by atoms with E-state index in [2.05, 4.69) is 32.0 Å². The first-order valence-electron chi connectivity index (χ1n) is 6.11. The number of imidazole rings is 1. The van der Waals surface area contributed by atoms with Crippen LogP contribution in [0, 0.1) is 11.3 Å². The van der Waals surface area contributed by atoms with Crippen molar-refractivity contribution >= 4 is 38.7 Å². The van der Waals surface area contributed by atoms with Crippen molar-refractivity contribution in [1.29, 1.82) is 5.26 Å². The number of ether oxygens (including phenoxy) is 1. The lowest BCUT2D eigenvalue weighted by atomic mass is 10.2. The van der Waals surface area contributed by atoms with E-state index in [-0.39, 0.29) is 0 Å². The zero-order chi connectivity index (χ0) is 14.8. The van der Waals surface area contributed by atoms with Gasteiger partial charge in [0.05, 0.1) is 23.7 Å². The molecule has 1 N–H and O–H groups in total. The third kappa shape index (κ3) is 2.89. The molecular formula is C15H10BrN3OS. The summed E-state index contributed by atoms with van der Waals surface area (Å²) in [5, 5.41) is 9.91. The number of fused-ring (bicyclic) bond motifs is 1. The Morgan fingerprint density at radius 1 is 1.29 bits per heavy atom. The molecule has 3 aromatic rings. The maximum absolute atomic E-state index is 9.17. The molecule has 0 atom stereocenters. The third-order valence-electron chi connectivity index (χ3n) is 2.94. The smallest absolute Gasteiger partial charge is 0.171 e. The topological polar surface area (TPSA) is 61.7 Å². The lowest BCUT2D eigenvalue weighted by Crippen LogP contribution is -1.82. The molecule has 1 heterocycles. The third-order valence-corrected chi connectivity index (χ3v) is 4.38. The zero-order valence-electron chi connectivity index (χ0n) is 11.1. The summed E-state index contributed by atoms with van der Waals surface area (Å²) < 4.78 is 6.13. The highest BCUT2D eigenvalue weighted by molar-refractivity contribution is 9.10. The summed E-state index contributed by atoms with van der Waals surface area (Å²) >= 11 is 4.85. The van der Waals surface area contributed by atoms with E-state index in [4.69, 9.17) is 10.00 Å². The summed E-state index contributed by atoms with van der Waals surface area (Å²) in [6.07, 6.45) is 0. The van der Waals surface area contributed by atoms with Crippen LogP contribution in [0.5, 0.6) is 5.75 Å². The number of nitriles is 1. The fraction of sp³-hybridized carbons (Fsp3) is 0.0667. The molecule has 1 aromatic heterocycles. The van der Waals surface area contributed by atoms with Crippen LogP contribution in [0.3, 0.4) is 0 Å². The fourth-order valence-corrected chi connectivity index (χ4v) is 3.35. The number of nitrogens with zero attached hydrogens (tertiary/aromatic N) is 2. The van der Waals surface area contributed by atoms with Crippen molar-refractivity contribution in [1.82, 2.24) is 9.97 Å². The van der Waals surface area contributed by atoms with Crippen LogP contribution in [0.4, 0.5) is 0 Å². The van der Waals surface area contributed by atoms with E-state index < -0.39 is 0 Å². The maximum atomic E-state index is 9.17.